The van der Waals surface area contributed by atoms with Crippen LogP contribution in [0.5, 0.6) is 11.5 Å². The van der Waals surface area contributed by atoms with Gasteiger partial charge in [0.1, 0.15) is 5.76 Å². The Morgan fingerprint density at radius 1 is 1.23 bits per heavy atom. The van der Waals surface area contributed by atoms with E-state index in [0.717, 1.165) is 5.56 Å². The Kier molecular flexibility index (Phi) is 5.21. The van der Waals surface area contributed by atoms with E-state index in [1.54, 1.807) is 43.6 Å². The summed E-state index contributed by atoms with van der Waals surface area (Å²) >= 11 is 0. The molecule has 1 atom stereocenters. The molecule has 1 amide bonds. The molecule has 0 radical (unpaired) electrons. The first-order valence-electron chi connectivity index (χ1n) is 9.51. The zero-order chi connectivity index (χ0) is 22.1. The third-order valence-corrected chi connectivity index (χ3v) is 5.11. The van der Waals surface area contributed by atoms with Gasteiger partial charge >= 0.3 is 0 Å². The first kappa shape index (κ1) is 20.2. The fourth-order valence-electron chi connectivity index (χ4n) is 3.64. The number of aryl methyl sites for hydroxylation is 1. The summed E-state index contributed by atoms with van der Waals surface area (Å²) in [6.07, 6.45) is 3.22. The number of amides is 1. The van der Waals surface area contributed by atoms with Crippen molar-refractivity contribution in [1.82, 2.24) is 9.88 Å². The van der Waals surface area contributed by atoms with Crippen LogP contribution in [0.2, 0.25) is 0 Å². The molecule has 8 nitrogen and oxygen atoms in total. The van der Waals surface area contributed by atoms with Crippen molar-refractivity contribution in [3.05, 3.63) is 88.8 Å². The van der Waals surface area contributed by atoms with Crippen molar-refractivity contribution in [2.24, 2.45) is 0 Å². The molecule has 0 fully saturated rings. The van der Waals surface area contributed by atoms with E-state index in [1.807, 2.05) is 0 Å². The van der Waals surface area contributed by atoms with E-state index >= 15 is 0 Å². The van der Waals surface area contributed by atoms with Crippen molar-refractivity contribution >= 4 is 11.7 Å². The number of benzene rings is 1. The van der Waals surface area contributed by atoms with Gasteiger partial charge in [0.25, 0.3) is 5.91 Å². The number of aromatic nitrogens is 1. The number of carbonyl (C=O) groups is 2. The third kappa shape index (κ3) is 3.63. The van der Waals surface area contributed by atoms with Gasteiger partial charge in [-0.1, -0.05) is 12.1 Å². The highest BCUT2D eigenvalue weighted by molar-refractivity contribution is 6.15. The van der Waals surface area contributed by atoms with Gasteiger partial charge in [-0.25, -0.2) is 0 Å². The molecular formula is C23H20N2O6. The zero-order valence-corrected chi connectivity index (χ0v) is 16.9. The minimum Gasteiger partial charge on any atom is -0.504 e. The molecule has 0 unspecified atom stereocenters. The number of pyridine rings is 1. The van der Waals surface area contributed by atoms with Gasteiger partial charge in [0.15, 0.2) is 23.0 Å². The number of furan rings is 1. The standard InChI is InChI=1S/C23H20N2O6/c1-13-5-8-17(31-13)21(27)19-20(15-6-7-16(26)18(10-15)30-2)25(23(29)22(19)28)12-14-4-3-9-24-11-14/h3-11,20,26,28H,12H2,1-2H3/t20-/m1/s1. The molecule has 1 aliphatic heterocycles. The Hall–Kier alpha value is -4.07. The van der Waals surface area contributed by atoms with E-state index in [0.29, 0.717) is 11.3 Å². The molecule has 0 spiro atoms. The summed E-state index contributed by atoms with van der Waals surface area (Å²) in [7, 11) is 1.40. The highest BCUT2D eigenvalue weighted by atomic mass is 16.5. The number of ether oxygens (including phenoxy) is 1. The normalized spacial score (nSPS) is 16.1. The number of carbonyl (C=O) groups excluding carboxylic acids is 2. The zero-order valence-electron chi connectivity index (χ0n) is 16.9. The molecule has 3 heterocycles. The number of rotatable bonds is 6. The van der Waals surface area contributed by atoms with Gasteiger partial charge in [0.05, 0.1) is 18.7 Å². The predicted molar refractivity (Wildman–Crippen MR) is 110 cm³/mol. The molecule has 0 saturated heterocycles. The number of Topliss-reactive ketones (excluding diaryl/α,β-unsaturated/α-hetero) is 1. The lowest BCUT2D eigenvalue weighted by Gasteiger charge is -2.27. The lowest BCUT2D eigenvalue weighted by atomic mass is 9.94. The van der Waals surface area contributed by atoms with Crippen LogP contribution in [0.25, 0.3) is 0 Å². The average Bonchev–Trinajstić information content (AvgIpc) is 3.31. The largest absolute Gasteiger partial charge is 0.504 e. The van der Waals surface area contributed by atoms with E-state index in [-0.39, 0.29) is 29.4 Å². The maximum Gasteiger partial charge on any atom is 0.290 e. The number of phenolic OH excluding ortho intramolecular Hbond substituents is 1. The molecule has 0 saturated carbocycles. The fraction of sp³-hybridized carbons (Fsp3) is 0.174. The summed E-state index contributed by atoms with van der Waals surface area (Å²) in [4.78, 5) is 31.7. The maximum atomic E-state index is 13.2. The molecule has 1 aliphatic rings. The molecule has 0 aliphatic carbocycles. The van der Waals surface area contributed by atoms with Gasteiger partial charge in [-0.2, -0.15) is 0 Å². The molecule has 158 valence electrons. The van der Waals surface area contributed by atoms with E-state index in [9.17, 15) is 19.8 Å². The van der Waals surface area contributed by atoms with E-state index in [4.69, 9.17) is 9.15 Å². The van der Waals surface area contributed by atoms with Crippen LogP contribution in [0.3, 0.4) is 0 Å². The molecular weight excluding hydrogens is 400 g/mol. The lowest BCUT2D eigenvalue weighted by molar-refractivity contribution is -0.130. The van der Waals surface area contributed by atoms with Crippen molar-refractivity contribution in [2.75, 3.05) is 7.11 Å². The van der Waals surface area contributed by atoms with Gasteiger partial charge in [-0.3, -0.25) is 14.6 Å². The van der Waals surface area contributed by atoms with Crippen molar-refractivity contribution < 1.29 is 29.0 Å². The SMILES string of the molecule is COc1cc([C@@H]2C(C(=O)c3ccc(C)o3)=C(O)C(=O)N2Cc2cccnc2)ccc1O. The smallest absolute Gasteiger partial charge is 0.290 e. The Morgan fingerprint density at radius 2 is 2.03 bits per heavy atom. The first-order valence-corrected chi connectivity index (χ1v) is 9.51. The van der Waals surface area contributed by atoms with Gasteiger partial charge in [0.2, 0.25) is 5.78 Å². The topological polar surface area (TPSA) is 113 Å². The van der Waals surface area contributed by atoms with Gasteiger partial charge in [-0.05, 0) is 48.4 Å². The van der Waals surface area contributed by atoms with Crippen LogP contribution in [0.1, 0.15) is 33.5 Å². The number of hydrogen-bond acceptors (Lipinski definition) is 7. The van der Waals surface area contributed by atoms with Crippen molar-refractivity contribution in [3.63, 3.8) is 0 Å². The van der Waals surface area contributed by atoms with Gasteiger partial charge in [0, 0.05) is 18.9 Å². The number of aliphatic hydroxyl groups excluding tert-OH is 1. The van der Waals surface area contributed by atoms with Crippen molar-refractivity contribution in [2.45, 2.75) is 19.5 Å². The molecule has 0 bridgehead atoms. The molecule has 2 N–H and O–H groups in total. The second kappa shape index (κ2) is 7.98. The number of aromatic hydroxyl groups is 1. The summed E-state index contributed by atoms with van der Waals surface area (Å²) < 4.78 is 10.6. The van der Waals surface area contributed by atoms with Crippen LogP contribution in [-0.2, 0) is 11.3 Å². The summed E-state index contributed by atoms with van der Waals surface area (Å²) in [6.45, 7) is 1.81. The monoisotopic (exact) mass is 420 g/mol. The molecule has 8 heteroatoms. The highest BCUT2D eigenvalue weighted by Gasteiger charge is 2.44. The van der Waals surface area contributed by atoms with Crippen LogP contribution in [0.15, 0.2) is 70.6 Å². The molecule has 3 aromatic rings. The Bertz CT molecular complexity index is 1180. The van der Waals surface area contributed by atoms with Crippen molar-refractivity contribution in [1.29, 1.82) is 0 Å². The molecule has 31 heavy (non-hydrogen) atoms. The average molecular weight is 420 g/mol. The number of nitrogens with zero attached hydrogens (tertiary/aromatic N) is 2. The number of aliphatic hydroxyl groups is 1. The second-order valence-corrected chi connectivity index (χ2v) is 7.13. The molecule has 4 rings (SSSR count). The van der Waals surface area contributed by atoms with E-state index < -0.39 is 23.5 Å². The Morgan fingerprint density at radius 3 is 2.68 bits per heavy atom. The first-order chi connectivity index (χ1) is 14.9. The molecule has 1 aromatic carbocycles. The van der Waals surface area contributed by atoms with Gasteiger partial charge in [-0.15, -0.1) is 0 Å². The number of methoxy groups -OCH3 is 1. The quantitative estimate of drug-likeness (QED) is 0.587. The molecule has 2 aromatic heterocycles. The summed E-state index contributed by atoms with van der Waals surface area (Å²) in [5.74, 6) is -1.28. The summed E-state index contributed by atoms with van der Waals surface area (Å²) in [5.41, 5.74) is 1.11. The number of hydrogen-bond donors (Lipinski definition) is 2. The number of ketones is 1. The van der Waals surface area contributed by atoms with Crippen LogP contribution in [0, 0.1) is 6.92 Å². The van der Waals surface area contributed by atoms with Crippen LogP contribution in [-0.4, -0.2) is 38.9 Å². The number of phenols is 1. The second-order valence-electron chi connectivity index (χ2n) is 7.13. The van der Waals surface area contributed by atoms with Crippen LogP contribution >= 0.6 is 0 Å². The highest BCUT2D eigenvalue weighted by Crippen LogP contribution is 2.42. The third-order valence-electron chi connectivity index (χ3n) is 5.11. The van der Waals surface area contributed by atoms with E-state index in [2.05, 4.69) is 4.98 Å². The van der Waals surface area contributed by atoms with Crippen LogP contribution in [0.4, 0.5) is 0 Å². The summed E-state index contributed by atoms with van der Waals surface area (Å²) in [5, 5.41) is 20.7. The fourth-order valence-corrected chi connectivity index (χ4v) is 3.64. The Labute approximate surface area is 178 Å². The summed E-state index contributed by atoms with van der Waals surface area (Å²) in [6, 6.07) is 10.3. The van der Waals surface area contributed by atoms with Crippen molar-refractivity contribution in [3.8, 4) is 11.5 Å². The predicted octanol–water partition coefficient (Wildman–Crippen LogP) is 3.48. The lowest BCUT2D eigenvalue weighted by Crippen LogP contribution is -2.30. The Balaban J connectivity index is 1.83. The van der Waals surface area contributed by atoms with E-state index in [1.165, 1.54) is 30.2 Å². The minimum absolute atomic E-state index is 0.0193. The van der Waals surface area contributed by atoms with Gasteiger partial charge < -0.3 is 24.3 Å². The minimum atomic E-state index is -0.917. The van der Waals surface area contributed by atoms with Crippen LogP contribution < -0.4 is 4.74 Å². The maximum absolute atomic E-state index is 13.2.